The van der Waals surface area contributed by atoms with Crippen LogP contribution in [0.2, 0.25) is 0 Å². The Morgan fingerprint density at radius 1 is 0.927 bits per heavy atom. The highest BCUT2D eigenvalue weighted by Gasteiger charge is 2.42. The van der Waals surface area contributed by atoms with Crippen molar-refractivity contribution in [3.8, 4) is 22.8 Å². The number of furan rings is 1. The molecule has 3 heterocycles. The maximum absolute atomic E-state index is 12.4. The molecule has 1 aliphatic heterocycles. The van der Waals surface area contributed by atoms with Crippen LogP contribution >= 0.6 is 12.2 Å². The van der Waals surface area contributed by atoms with Crippen molar-refractivity contribution in [3.05, 3.63) is 132 Å². The lowest BCUT2D eigenvalue weighted by Gasteiger charge is -2.26. The fourth-order valence-corrected chi connectivity index (χ4v) is 5.38. The molecule has 204 valence electrons. The lowest BCUT2D eigenvalue weighted by Crippen LogP contribution is -2.29. The third-order valence-electron chi connectivity index (χ3n) is 7.05. The Morgan fingerprint density at radius 3 is 2.44 bits per heavy atom. The maximum Gasteiger partial charge on any atom is 0.338 e. The molecule has 7 nitrogen and oxygen atoms in total. The predicted octanol–water partition coefficient (Wildman–Crippen LogP) is 7.41. The summed E-state index contributed by atoms with van der Waals surface area (Å²) in [6.45, 7) is 2.02. The summed E-state index contributed by atoms with van der Waals surface area (Å²) in [6, 6.07) is 31.9. The van der Waals surface area contributed by atoms with E-state index in [1.54, 1.807) is 18.3 Å². The fraction of sp³-hybridized carbons (Fsp3) is 0.121. The molecule has 5 aromatic rings. The van der Waals surface area contributed by atoms with Gasteiger partial charge in [0.1, 0.15) is 29.1 Å². The first-order valence-corrected chi connectivity index (χ1v) is 13.6. The topological polar surface area (TPSA) is 76.8 Å². The molecule has 41 heavy (non-hydrogen) atoms. The van der Waals surface area contributed by atoms with Crippen molar-refractivity contribution in [1.82, 2.24) is 10.3 Å². The monoisotopic (exact) mass is 561 g/mol. The molecule has 0 saturated carbocycles. The molecule has 0 amide bonds. The number of esters is 1. The lowest BCUT2D eigenvalue weighted by molar-refractivity contribution is 0.0601. The number of rotatable bonds is 7. The van der Waals surface area contributed by atoms with Gasteiger partial charge in [-0.25, -0.2) is 4.79 Å². The summed E-state index contributed by atoms with van der Waals surface area (Å²) in [5.74, 6) is 2.33. The van der Waals surface area contributed by atoms with Gasteiger partial charge in [-0.15, -0.1) is 0 Å². The van der Waals surface area contributed by atoms with E-state index in [4.69, 9.17) is 26.1 Å². The van der Waals surface area contributed by atoms with Crippen LogP contribution in [-0.4, -0.2) is 23.2 Å². The molecular weight excluding hydrogens is 534 g/mol. The van der Waals surface area contributed by atoms with E-state index in [0.29, 0.717) is 27.8 Å². The Bertz CT molecular complexity index is 1700. The van der Waals surface area contributed by atoms with E-state index >= 15 is 0 Å². The molecule has 0 spiro atoms. The SMILES string of the molecule is COC(=O)c1ccccc1-c1ccc(C2C(c3ccccn3)NC(=S)N2c2ccc(Oc3ccccc3C)cc2)o1. The Labute approximate surface area is 243 Å². The molecule has 0 radical (unpaired) electrons. The largest absolute Gasteiger partial charge is 0.465 e. The molecule has 2 unspecified atom stereocenters. The van der Waals surface area contributed by atoms with Crippen LogP contribution in [0.1, 0.15) is 39.5 Å². The zero-order chi connectivity index (χ0) is 28.3. The summed E-state index contributed by atoms with van der Waals surface area (Å²) in [6.07, 6.45) is 1.76. The molecule has 0 aliphatic carbocycles. The number of pyridine rings is 1. The number of nitrogens with one attached hydrogen (secondary N) is 1. The highest BCUT2D eigenvalue weighted by atomic mass is 32.1. The van der Waals surface area contributed by atoms with Crippen LogP contribution in [0.25, 0.3) is 11.3 Å². The van der Waals surface area contributed by atoms with Crippen molar-refractivity contribution in [2.75, 3.05) is 12.0 Å². The molecule has 0 bridgehead atoms. The van der Waals surface area contributed by atoms with Crippen LogP contribution in [0.3, 0.4) is 0 Å². The number of aryl methyl sites for hydroxylation is 1. The van der Waals surface area contributed by atoms with Gasteiger partial charge in [-0.05, 0) is 85.4 Å². The van der Waals surface area contributed by atoms with Crippen molar-refractivity contribution >= 4 is 29.0 Å². The molecule has 2 atom stereocenters. The van der Waals surface area contributed by atoms with E-state index in [2.05, 4.69) is 10.3 Å². The number of thiocarbonyl (C=S) groups is 1. The van der Waals surface area contributed by atoms with E-state index < -0.39 is 5.97 Å². The molecule has 1 fully saturated rings. The van der Waals surface area contributed by atoms with Crippen LogP contribution in [-0.2, 0) is 4.74 Å². The average molecular weight is 562 g/mol. The second-order valence-corrected chi connectivity index (χ2v) is 9.98. The third-order valence-corrected chi connectivity index (χ3v) is 7.37. The number of carbonyl (C=O) groups excluding carboxylic acids is 1. The summed E-state index contributed by atoms with van der Waals surface area (Å²) in [5.41, 5.74) is 3.84. The highest BCUT2D eigenvalue weighted by Crippen LogP contribution is 2.43. The quantitative estimate of drug-likeness (QED) is 0.163. The summed E-state index contributed by atoms with van der Waals surface area (Å²) in [4.78, 5) is 19.1. The van der Waals surface area contributed by atoms with Crippen LogP contribution < -0.4 is 15.0 Å². The van der Waals surface area contributed by atoms with E-state index in [9.17, 15) is 4.79 Å². The van der Waals surface area contributed by atoms with Crippen molar-refractivity contribution in [2.24, 2.45) is 0 Å². The second kappa shape index (κ2) is 11.3. The van der Waals surface area contributed by atoms with Crippen LogP contribution in [0, 0.1) is 6.92 Å². The molecule has 2 aromatic heterocycles. The van der Waals surface area contributed by atoms with Gasteiger partial charge in [0, 0.05) is 17.4 Å². The van der Waals surface area contributed by atoms with Gasteiger partial charge in [0.2, 0.25) is 0 Å². The Morgan fingerprint density at radius 2 is 1.68 bits per heavy atom. The normalized spacial score (nSPS) is 16.3. The summed E-state index contributed by atoms with van der Waals surface area (Å²) >= 11 is 5.86. The Hall–Kier alpha value is -4.95. The molecule has 8 heteroatoms. The third kappa shape index (κ3) is 5.17. The summed E-state index contributed by atoms with van der Waals surface area (Å²) in [7, 11) is 1.37. The number of para-hydroxylation sites is 1. The molecular formula is C33H27N3O4S. The van der Waals surface area contributed by atoms with E-state index in [1.165, 1.54) is 7.11 Å². The summed E-state index contributed by atoms with van der Waals surface area (Å²) < 4.78 is 17.6. The zero-order valence-electron chi connectivity index (χ0n) is 22.5. The van der Waals surface area contributed by atoms with Crippen LogP contribution in [0.4, 0.5) is 5.69 Å². The first-order chi connectivity index (χ1) is 20.0. The Balaban J connectivity index is 1.37. The maximum atomic E-state index is 12.4. The molecule has 3 aromatic carbocycles. The molecule has 1 saturated heterocycles. The number of nitrogens with zero attached hydrogens (tertiary/aromatic N) is 2. The number of aromatic nitrogens is 1. The first kappa shape index (κ1) is 26.3. The minimum absolute atomic E-state index is 0.276. The lowest BCUT2D eigenvalue weighted by atomic mass is 10.0. The molecule has 1 aliphatic rings. The van der Waals surface area contributed by atoms with Crippen molar-refractivity contribution < 1.29 is 18.7 Å². The standard InChI is InChI=1S/C33H27N3O4S/c1-21-9-3-6-13-27(21)39-23-16-14-22(15-17-23)36-31(30(35-33(36)41)26-12-7-8-20-34-26)29-19-18-28(40-29)24-10-4-5-11-25(24)32(37)38-2/h3-20,30-31H,1-2H3,(H,35,41). The molecule has 1 N–H and O–H groups in total. The van der Waals surface area contributed by atoms with Crippen LogP contribution in [0.15, 0.2) is 114 Å². The van der Waals surface area contributed by atoms with Gasteiger partial charge in [0.25, 0.3) is 0 Å². The smallest absolute Gasteiger partial charge is 0.338 e. The van der Waals surface area contributed by atoms with E-state index in [-0.39, 0.29) is 12.1 Å². The number of hydrogen-bond acceptors (Lipinski definition) is 6. The molecule has 6 rings (SSSR count). The van der Waals surface area contributed by atoms with Gasteiger partial charge in [-0.3, -0.25) is 4.98 Å². The van der Waals surface area contributed by atoms with Gasteiger partial charge in [0.15, 0.2) is 5.11 Å². The number of ether oxygens (including phenoxy) is 2. The zero-order valence-corrected chi connectivity index (χ0v) is 23.3. The van der Waals surface area contributed by atoms with Gasteiger partial charge >= 0.3 is 5.97 Å². The number of carbonyl (C=O) groups is 1. The summed E-state index contributed by atoms with van der Waals surface area (Å²) in [5, 5.41) is 3.99. The highest BCUT2D eigenvalue weighted by molar-refractivity contribution is 7.80. The minimum Gasteiger partial charge on any atom is -0.465 e. The predicted molar refractivity (Wildman–Crippen MR) is 161 cm³/mol. The number of hydrogen-bond donors (Lipinski definition) is 1. The van der Waals surface area contributed by atoms with Gasteiger partial charge in [-0.2, -0.15) is 0 Å². The fourth-order valence-electron chi connectivity index (χ4n) is 5.04. The van der Waals surface area contributed by atoms with Gasteiger partial charge < -0.3 is 24.1 Å². The van der Waals surface area contributed by atoms with Crippen LogP contribution in [0.5, 0.6) is 11.5 Å². The number of methoxy groups -OCH3 is 1. The van der Waals surface area contributed by atoms with Crippen molar-refractivity contribution in [1.29, 1.82) is 0 Å². The average Bonchev–Trinajstić information content (AvgIpc) is 3.63. The Kier molecular flexibility index (Phi) is 7.22. The number of benzene rings is 3. The van der Waals surface area contributed by atoms with Gasteiger partial charge in [-0.1, -0.05) is 42.5 Å². The first-order valence-electron chi connectivity index (χ1n) is 13.1. The van der Waals surface area contributed by atoms with E-state index in [0.717, 1.165) is 28.4 Å². The van der Waals surface area contributed by atoms with Crippen molar-refractivity contribution in [2.45, 2.75) is 19.0 Å². The van der Waals surface area contributed by atoms with Gasteiger partial charge in [0.05, 0.1) is 24.4 Å². The van der Waals surface area contributed by atoms with Crippen molar-refractivity contribution in [3.63, 3.8) is 0 Å². The van der Waals surface area contributed by atoms with E-state index in [1.807, 2.05) is 103 Å². The number of anilines is 1. The second-order valence-electron chi connectivity index (χ2n) is 9.60. The minimum atomic E-state index is -0.428.